The largest absolute Gasteiger partial charge is 0.479 e. The van der Waals surface area contributed by atoms with Crippen molar-refractivity contribution >= 4 is 17.8 Å². The molecule has 2 aliphatic heterocycles. The summed E-state index contributed by atoms with van der Waals surface area (Å²) < 4.78 is 5.42. The van der Waals surface area contributed by atoms with Crippen LogP contribution in [-0.4, -0.2) is 46.5 Å². The number of carbonyl (C=O) groups is 3. The van der Waals surface area contributed by atoms with Gasteiger partial charge in [0.15, 0.2) is 6.10 Å². The molecular weight excluding hydrogens is 312 g/mol. The van der Waals surface area contributed by atoms with Crippen LogP contribution >= 0.6 is 0 Å². The summed E-state index contributed by atoms with van der Waals surface area (Å²) in [5.74, 6) is -2.31. The quantitative estimate of drug-likeness (QED) is 0.836. The molecule has 7 heteroatoms. The molecule has 2 aliphatic rings. The standard InChI is InChI=1S/C17H20N2O5/c1-9-8-12(24-14(9)17(22)23)16(21)19-7-6-10-4-2-3-5-11(10)13(19)15(18)20/h2-5,9,12-14H,6-8H2,1H3,(H2,18,20)(H,22,23)/t9-,12-,13?,14-/m1/s1. The summed E-state index contributed by atoms with van der Waals surface area (Å²) in [5.41, 5.74) is 7.27. The van der Waals surface area contributed by atoms with E-state index in [1.807, 2.05) is 12.1 Å². The van der Waals surface area contributed by atoms with Crippen molar-refractivity contribution in [1.82, 2.24) is 4.90 Å². The Morgan fingerprint density at radius 2 is 2.00 bits per heavy atom. The number of rotatable bonds is 3. The van der Waals surface area contributed by atoms with Crippen LogP contribution in [0.1, 0.15) is 30.5 Å². The second-order valence-electron chi connectivity index (χ2n) is 6.38. The normalized spacial score (nSPS) is 29.1. The Balaban J connectivity index is 1.85. The molecule has 1 aromatic carbocycles. The maximum Gasteiger partial charge on any atom is 0.333 e. The van der Waals surface area contributed by atoms with Crippen LogP contribution in [0.4, 0.5) is 0 Å². The lowest BCUT2D eigenvalue weighted by Crippen LogP contribution is -2.49. The number of nitrogens with two attached hydrogens (primary N) is 1. The first kappa shape index (κ1) is 16.4. The number of fused-ring (bicyclic) bond motifs is 1. The smallest absolute Gasteiger partial charge is 0.333 e. The molecule has 3 rings (SSSR count). The average Bonchev–Trinajstić information content (AvgIpc) is 2.95. The number of carbonyl (C=O) groups excluding carboxylic acids is 2. The minimum atomic E-state index is -1.08. The van der Waals surface area contributed by atoms with Crippen LogP contribution in [-0.2, 0) is 25.5 Å². The molecule has 2 amide bonds. The minimum Gasteiger partial charge on any atom is -0.479 e. The number of hydrogen-bond acceptors (Lipinski definition) is 4. The summed E-state index contributed by atoms with van der Waals surface area (Å²) >= 11 is 0. The predicted molar refractivity (Wildman–Crippen MR) is 83.9 cm³/mol. The molecule has 7 nitrogen and oxygen atoms in total. The van der Waals surface area contributed by atoms with Crippen molar-refractivity contribution in [3.8, 4) is 0 Å². The summed E-state index contributed by atoms with van der Waals surface area (Å²) in [7, 11) is 0. The highest BCUT2D eigenvalue weighted by Gasteiger charge is 2.44. The molecule has 0 radical (unpaired) electrons. The third-order valence-electron chi connectivity index (χ3n) is 4.77. The van der Waals surface area contributed by atoms with E-state index in [0.717, 1.165) is 11.1 Å². The van der Waals surface area contributed by atoms with Gasteiger partial charge in [-0.2, -0.15) is 0 Å². The molecule has 1 unspecified atom stereocenters. The van der Waals surface area contributed by atoms with E-state index in [1.54, 1.807) is 19.1 Å². The van der Waals surface area contributed by atoms with Gasteiger partial charge in [0.2, 0.25) is 5.91 Å². The molecule has 2 heterocycles. The molecule has 4 atom stereocenters. The van der Waals surface area contributed by atoms with Crippen LogP contribution in [0, 0.1) is 5.92 Å². The number of amides is 2. The van der Waals surface area contributed by atoms with E-state index in [0.29, 0.717) is 19.4 Å². The fourth-order valence-electron chi connectivity index (χ4n) is 3.58. The fraction of sp³-hybridized carbons (Fsp3) is 0.471. The van der Waals surface area contributed by atoms with E-state index in [2.05, 4.69) is 0 Å². The van der Waals surface area contributed by atoms with Crippen LogP contribution in [0.15, 0.2) is 24.3 Å². The fourth-order valence-corrected chi connectivity index (χ4v) is 3.58. The molecule has 0 spiro atoms. The van der Waals surface area contributed by atoms with Crippen molar-refractivity contribution in [3.63, 3.8) is 0 Å². The highest BCUT2D eigenvalue weighted by Crippen LogP contribution is 2.33. The van der Waals surface area contributed by atoms with Gasteiger partial charge in [-0.1, -0.05) is 31.2 Å². The van der Waals surface area contributed by atoms with Crippen LogP contribution < -0.4 is 5.73 Å². The van der Waals surface area contributed by atoms with Gasteiger partial charge >= 0.3 is 5.97 Å². The van der Waals surface area contributed by atoms with Crippen LogP contribution in [0.3, 0.4) is 0 Å². The molecule has 1 fully saturated rings. The van der Waals surface area contributed by atoms with Crippen molar-refractivity contribution in [2.24, 2.45) is 11.7 Å². The Kier molecular flexibility index (Phi) is 4.28. The van der Waals surface area contributed by atoms with E-state index < -0.39 is 30.1 Å². The van der Waals surface area contributed by atoms with Gasteiger partial charge in [-0.15, -0.1) is 0 Å². The first-order valence-electron chi connectivity index (χ1n) is 7.96. The predicted octanol–water partition coefficient (Wildman–Crippen LogP) is 0.476. The van der Waals surface area contributed by atoms with E-state index in [-0.39, 0.29) is 11.8 Å². The van der Waals surface area contributed by atoms with Crippen molar-refractivity contribution < 1.29 is 24.2 Å². The van der Waals surface area contributed by atoms with E-state index in [4.69, 9.17) is 15.6 Å². The molecule has 0 bridgehead atoms. The maximum atomic E-state index is 12.8. The molecule has 128 valence electrons. The zero-order chi connectivity index (χ0) is 17.4. The molecule has 3 N–H and O–H groups in total. The molecule has 0 saturated carbocycles. The number of nitrogens with zero attached hydrogens (tertiary/aromatic N) is 1. The summed E-state index contributed by atoms with van der Waals surface area (Å²) in [6.07, 6.45) is -0.910. The summed E-state index contributed by atoms with van der Waals surface area (Å²) in [6, 6.07) is 6.56. The first-order valence-corrected chi connectivity index (χ1v) is 7.96. The average molecular weight is 332 g/mol. The lowest BCUT2D eigenvalue weighted by atomic mass is 9.91. The molecule has 0 aromatic heterocycles. The lowest BCUT2D eigenvalue weighted by Gasteiger charge is -2.36. The number of benzene rings is 1. The van der Waals surface area contributed by atoms with Crippen molar-refractivity contribution in [1.29, 1.82) is 0 Å². The van der Waals surface area contributed by atoms with E-state index in [9.17, 15) is 14.4 Å². The second-order valence-corrected chi connectivity index (χ2v) is 6.38. The van der Waals surface area contributed by atoms with Gasteiger partial charge in [-0.05, 0) is 29.9 Å². The molecular formula is C17H20N2O5. The Labute approximate surface area is 139 Å². The number of carboxylic acid groups (broad SMARTS) is 1. The molecule has 0 aliphatic carbocycles. The maximum absolute atomic E-state index is 12.8. The Bertz CT molecular complexity index is 689. The minimum absolute atomic E-state index is 0.263. The third-order valence-corrected chi connectivity index (χ3v) is 4.77. The highest BCUT2D eigenvalue weighted by atomic mass is 16.5. The van der Waals surface area contributed by atoms with Gasteiger partial charge in [0.25, 0.3) is 5.91 Å². The van der Waals surface area contributed by atoms with Crippen molar-refractivity contribution in [2.75, 3.05) is 6.54 Å². The monoisotopic (exact) mass is 332 g/mol. The molecule has 24 heavy (non-hydrogen) atoms. The lowest BCUT2D eigenvalue weighted by molar-refractivity contribution is -0.158. The van der Waals surface area contributed by atoms with Gasteiger partial charge in [-0.3, -0.25) is 9.59 Å². The van der Waals surface area contributed by atoms with Crippen LogP contribution in [0.25, 0.3) is 0 Å². The molecule has 1 saturated heterocycles. The SMILES string of the molecule is C[C@@H]1C[C@H](C(=O)N2CCc3ccccc3C2C(N)=O)O[C@H]1C(=O)O. The van der Waals surface area contributed by atoms with Gasteiger partial charge in [0, 0.05) is 6.54 Å². The van der Waals surface area contributed by atoms with E-state index in [1.165, 1.54) is 4.90 Å². The molecule has 1 aromatic rings. The Hall–Kier alpha value is -2.41. The zero-order valence-electron chi connectivity index (χ0n) is 13.3. The summed E-state index contributed by atoms with van der Waals surface area (Å²) in [6.45, 7) is 2.10. The Morgan fingerprint density at radius 3 is 2.62 bits per heavy atom. The zero-order valence-corrected chi connectivity index (χ0v) is 13.3. The van der Waals surface area contributed by atoms with Crippen LogP contribution in [0.2, 0.25) is 0 Å². The van der Waals surface area contributed by atoms with Crippen LogP contribution in [0.5, 0.6) is 0 Å². The van der Waals surface area contributed by atoms with E-state index >= 15 is 0 Å². The van der Waals surface area contributed by atoms with Gasteiger partial charge in [-0.25, -0.2) is 4.79 Å². The number of carboxylic acids is 1. The van der Waals surface area contributed by atoms with Crippen molar-refractivity contribution in [3.05, 3.63) is 35.4 Å². The second kappa shape index (κ2) is 6.24. The number of aliphatic carboxylic acids is 1. The summed E-state index contributed by atoms with van der Waals surface area (Å²) in [5, 5.41) is 9.14. The van der Waals surface area contributed by atoms with Gasteiger partial charge in [0.05, 0.1) is 0 Å². The number of hydrogen-bond donors (Lipinski definition) is 2. The first-order chi connectivity index (χ1) is 11.4. The summed E-state index contributed by atoms with van der Waals surface area (Å²) in [4.78, 5) is 37.4. The van der Waals surface area contributed by atoms with Gasteiger partial charge in [0.1, 0.15) is 12.1 Å². The third kappa shape index (κ3) is 2.75. The van der Waals surface area contributed by atoms with Crippen molar-refractivity contribution in [2.45, 2.75) is 38.0 Å². The highest BCUT2D eigenvalue weighted by molar-refractivity contribution is 5.90. The van der Waals surface area contributed by atoms with Gasteiger partial charge < -0.3 is 20.5 Å². The number of ether oxygens (including phenoxy) is 1. The Morgan fingerprint density at radius 1 is 1.29 bits per heavy atom. The number of primary amides is 1. The topological polar surface area (TPSA) is 110 Å².